The van der Waals surface area contributed by atoms with E-state index in [0.717, 1.165) is 22.0 Å². The van der Waals surface area contributed by atoms with Crippen molar-refractivity contribution in [1.82, 2.24) is 9.97 Å². The van der Waals surface area contributed by atoms with Crippen LogP contribution in [0, 0.1) is 0 Å². The number of benzene rings is 2. The number of nitrogens with zero attached hydrogens (tertiary/aromatic N) is 1. The van der Waals surface area contributed by atoms with Gasteiger partial charge in [-0.2, -0.15) is 0 Å². The molecule has 0 radical (unpaired) electrons. The molecule has 0 unspecified atom stereocenters. The summed E-state index contributed by atoms with van der Waals surface area (Å²) in [5.74, 6) is -1.06. The number of nitrogens with one attached hydrogen (secondary N) is 1. The van der Waals surface area contributed by atoms with Crippen molar-refractivity contribution < 1.29 is 9.90 Å². The zero-order chi connectivity index (χ0) is 16.0. The molecular formula is C18H11ClN2O2. The summed E-state index contributed by atoms with van der Waals surface area (Å²) in [6.45, 7) is 0. The summed E-state index contributed by atoms with van der Waals surface area (Å²) >= 11 is 6.01. The van der Waals surface area contributed by atoms with Gasteiger partial charge < -0.3 is 10.1 Å². The molecule has 0 saturated carbocycles. The minimum absolute atomic E-state index is 0.0230. The van der Waals surface area contributed by atoms with Crippen LogP contribution in [0.3, 0.4) is 0 Å². The van der Waals surface area contributed by atoms with E-state index in [4.69, 9.17) is 11.6 Å². The summed E-state index contributed by atoms with van der Waals surface area (Å²) in [7, 11) is 0. The highest BCUT2D eigenvalue weighted by atomic mass is 35.5. The average molecular weight is 323 g/mol. The Kier molecular flexibility index (Phi) is 3.06. The lowest BCUT2D eigenvalue weighted by Crippen LogP contribution is -2.02. The monoisotopic (exact) mass is 322 g/mol. The molecule has 0 fully saturated rings. The first-order valence-electron chi connectivity index (χ1n) is 7.04. The quantitative estimate of drug-likeness (QED) is 0.560. The minimum atomic E-state index is -1.06. The van der Waals surface area contributed by atoms with E-state index in [2.05, 4.69) is 9.97 Å². The van der Waals surface area contributed by atoms with E-state index in [1.807, 2.05) is 42.6 Å². The maximum atomic E-state index is 11.7. The van der Waals surface area contributed by atoms with Crippen molar-refractivity contribution in [3.05, 3.63) is 65.4 Å². The van der Waals surface area contributed by atoms with Gasteiger partial charge in [0.05, 0.1) is 11.0 Å². The molecule has 4 rings (SSSR count). The first-order valence-corrected chi connectivity index (χ1v) is 7.42. The number of fused-ring (bicyclic) bond motifs is 3. The third kappa shape index (κ3) is 2.15. The maximum absolute atomic E-state index is 11.7. The lowest BCUT2D eigenvalue weighted by atomic mass is 10.0. The number of carboxylic acids is 1. The molecule has 5 heteroatoms. The molecular weight excluding hydrogens is 312 g/mol. The number of pyridine rings is 1. The molecule has 23 heavy (non-hydrogen) atoms. The first kappa shape index (κ1) is 13.8. The second kappa shape index (κ2) is 5.11. The van der Waals surface area contributed by atoms with Gasteiger partial charge in [-0.15, -0.1) is 0 Å². The van der Waals surface area contributed by atoms with Crippen molar-refractivity contribution in [1.29, 1.82) is 0 Å². The molecule has 112 valence electrons. The largest absolute Gasteiger partial charge is 0.476 e. The van der Waals surface area contributed by atoms with Crippen molar-refractivity contribution in [2.24, 2.45) is 0 Å². The van der Waals surface area contributed by atoms with Gasteiger partial charge in [-0.25, -0.2) is 9.78 Å². The number of hydrogen-bond donors (Lipinski definition) is 2. The van der Waals surface area contributed by atoms with E-state index in [1.165, 1.54) is 0 Å². The lowest BCUT2D eigenvalue weighted by Gasteiger charge is -2.06. The topological polar surface area (TPSA) is 66.0 Å². The van der Waals surface area contributed by atoms with Gasteiger partial charge in [-0.3, -0.25) is 0 Å². The second-order valence-electron chi connectivity index (χ2n) is 5.25. The fourth-order valence-corrected chi connectivity index (χ4v) is 3.03. The minimum Gasteiger partial charge on any atom is -0.476 e. The Morgan fingerprint density at radius 3 is 2.65 bits per heavy atom. The van der Waals surface area contributed by atoms with Crippen molar-refractivity contribution in [2.75, 3.05) is 0 Å². The number of carboxylic acid groups (broad SMARTS) is 1. The molecule has 2 N–H and O–H groups in total. The molecule has 4 nitrogen and oxygen atoms in total. The highest BCUT2D eigenvalue weighted by Gasteiger charge is 2.19. The number of carbonyl (C=O) groups is 1. The van der Waals surface area contributed by atoms with Crippen LogP contribution in [-0.4, -0.2) is 21.0 Å². The number of halogens is 1. The van der Waals surface area contributed by atoms with Gasteiger partial charge >= 0.3 is 5.97 Å². The summed E-state index contributed by atoms with van der Waals surface area (Å²) in [6, 6.07) is 14.9. The Bertz CT molecular complexity index is 1050. The summed E-state index contributed by atoms with van der Waals surface area (Å²) in [5.41, 5.74) is 3.10. The molecule has 0 spiro atoms. The Morgan fingerprint density at radius 1 is 1.13 bits per heavy atom. The van der Waals surface area contributed by atoms with Crippen LogP contribution in [0.25, 0.3) is 32.9 Å². The second-order valence-corrected chi connectivity index (χ2v) is 5.68. The predicted octanol–water partition coefficient (Wildman–Crippen LogP) is 4.73. The number of H-pyrrole nitrogens is 1. The fraction of sp³-hybridized carbons (Fsp3) is 0. The number of aromatic amines is 1. The Hall–Kier alpha value is -2.85. The van der Waals surface area contributed by atoms with E-state index in [0.29, 0.717) is 15.9 Å². The Morgan fingerprint density at radius 2 is 1.91 bits per heavy atom. The third-order valence-electron chi connectivity index (χ3n) is 3.87. The molecule has 0 amide bonds. The number of aromatic nitrogens is 2. The Labute approximate surface area is 136 Å². The van der Waals surface area contributed by atoms with E-state index in [-0.39, 0.29) is 5.69 Å². The van der Waals surface area contributed by atoms with E-state index < -0.39 is 5.97 Å². The van der Waals surface area contributed by atoms with E-state index in [9.17, 15) is 9.90 Å². The predicted molar refractivity (Wildman–Crippen MR) is 91.0 cm³/mol. The van der Waals surface area contributed by atoms with Crippen molar-refractivity contribution >= 4 is 39.4 Å². The molecule has 0 atom stereocenters. The van der Waals surface area contributed by atoms with E-state index >= 15 is 0 Å². The molecule has 2 heterocycles. The molecule has 0 aliphatic heterocycles. The molecule has 0 bridgehead atoms. The van der Waals surface area contributed by atoms with Gasteiger partial charge in [0.15, 0.2) is 5.69 Å². The van der Waals surface area contributed by atoms with Crippen LogP contribution in [0.1, 0.15) is 10.5 Å². The van der Waals surface area contributed by atoms with Crippen LogP contribution in [0.5, 0.6) is 0 Å². The standard InChI is InChI=1S/C18H11ClN2O2/c19-11-6-7-12-14(8-11)21-17(18(22)23)15-13(9-20-16(12)15)10-4-2-1-3-5-10/h1-9,20H,(H,22,23). The van der Waals surface area contributed by atoms with Gasteiger partial charge in [0.25, 0.3) is 0 Å². The maximum Gasteiger partial charge on any atom is 0.355 e. The normalized spacial score (nSPS) is 11.2. The third-order valence-corrected chi connectivity index (χ3v) is 4.10. The highest BCUT2D eigenvalue weighted by molar-refractivity contribution is 6.31. The number of rotatable bonds is 2. The Balaban J connectivity index is 2.16. The highest BCUT2D eigenvalue weighted by Crippen LogP contribution is 2.35. The first-order chi connectivity index (χ1) is 11.1. The summed E-state index contributed by atoms with van der Waals surface area (Å²) in [4.78, 5) is 19.2. The fourth-order valence-electron chi connectivity index (χ4n) is 2.87. The van der Waals surface area contributed by atoms with Crippen molar-refractivity contribution in [2.45, 2.75) is 0 Å². The van der Waals surface area contributed by atoms with Gasteiger partial charge in [0.2, 0.25) is 0 Å². The van der Waals surface area contributed by atoms with Gasteiger partial charge in [0, 0.05) is 27.6 Å². The molecule has 0 aliphatic rings. The smallest absolute Gasteiger partial charge is 0.355 e. The summed E-state index contributed by atoms with van der Waals surface area (Å²) in [6.07, 6.45) is 1.82. The molecule has 4 aromatic rings. The SMILES string of the molecule is O=C(O)c1nc2cc(Cl)ccc2c2[nH]cc(-c3ccccc3)c12. The molecule has 2 aromatic heterocycles. The van der Waals surface area contributed by atoms with Crippen LogP contribution in [0.15, 0.2) is 54.7 Å². The van der Waals surface area contributed by atoms with Gasteiger partial charge in [-0.1, -0.05) is 41.9 Å². The summed E-state index contributed by atoms with van der Waals surface area (Å²) < 4.78 is 0. The molecule has 2 aromatic carbocycles. The zero-order valence-electron chi connectivity index (χ0n) is 11.9. The van der Waals surface area contributed by atoms with Crippen LogP contribution in [0.4, 0.5) is 0 Å². The van der Waals surface area contributed by atoms with Crippen molar-refractivity contribution in [3.8, 4) is 11.1 Å². The molecule has 0 aliphatic carbocycles. The van der Waals surface area contributed by atoms with Crippen LogP contribution in [0.2, 0.25) is 5.02 Å². The van der Waals surface area contributed by atoms with Crippen LogP contribution < -0.4 is 0 Å². The van der Waals surface area contributed by atoms with Crippen LogP contribution in [-0.2, 0) is 0 Å². The van der Waals surface area contributed by atoms with Crippen LogP contribution >= 0.6 is 11.6 Å². The molecule has 0 saturated heterocycles. The van der Waals surface area contributed by atoms with E-state index in [1.54, 1.807) is 12.1 Å². The number of hydrogen-bond acceptors (Lipinski definition) is 2. The zero-order valence-corrected chi connectivity index (χ0v) is 12.6. The van der Waals surface area contributed by atoms with Crippen molar-refractivity contribution in [3.63, 3.8) is 0 Å². The van der Waals surface area contributed by atoms with Gasteiger partial charge in [-0.05, 0) is 23.8 Å². The number of aromatic carboxylic acids is 1. The summed E-state index contributed by atoms with van der Waals surface area (Å²) in [5, 5.41) is 11.6. The lowest BCUT2D eigenvalue weighted by molar-refractivity contribution is 0.0693. The van der Waals surface area contributed by atoms with Gasteiger partial charge in [0.1, 0.15) is 0 Å². The average Bonchev–Trinajstić information content (AvgIpc) is 2.99.